The van der Waals surface area contributed by atoms with Crippen LogP contribution in [0, 0.1) is 6.92 Å². The number of unbranched alkanes of at least 4 members (excludes halogenated alkanes) is 2. The lowest BCUT2D eigenvalue weighted by Crippen LogP contribution is -1.97. The van der Waals surface area contributed by atoms with Crippen molar-refractivity contribution in [2.24, 2.45) is 0 Å². The Bertz CT molecular complexity index is 289. The topological polar surface area (TPSA) is 51.8 Å². The highest BCUT2D eigenvalue weighted by Crippen LogP contribution is 2.23. The number of thioether (sulfide) groups is 1. The molecule has 4 heteroatoms. The van der Waals surface area contributed by atoms with Crippen LogP contribution in [0.3, 0.4) is 0 Å². The van der Waals surface area contributed by atoms with Crippen LogP contribution in [-0.4, -0.2) is 15.7 Å². The molecule has 78 valence electrons. The first-order valence-corrected chi connectivity index (χ1v) is 5.94. The monoisotopic (exact) mass is 211 g/mol. The van der Waals surface area contributed by atoms with Crippen LogP contribution in [0.25, 0.3) is 0 Å². The number of hydrogen-bond acceptors (Lipinski definition) is 4. The van der Waals surface area contributed by atoms with E-state index in [-0.39, 0.29) is 0 Å². The molecule has 3 nitrogen and oxygen atoms in total. The maximum Gasteiger partial charge on any atom is 0.130 e. The van der Waals surface area contributed by atoms with Gasteiger partial charge in [0.2, 0.25) is 0 Å². The van der Waals surface area contributed by atoms with E-state index in [0.717, 1.165) is 16.3 Å². The van der Waals surface area contributed by atoms with Crippen molar-refractivity contribution in [2.45, 2.75) is 38.1 Å². The summed E-state index contributed by atoms with van der Waals surface area (Å²) in [4.78, 5) is 8.15. The van der Waals surface area contributed by atoms with Crippen molar-refractivity contribution in [2.75, 3.05) is 11.5 Å². The molecule has 0 radical (unpaired) electrons. The smallest absolute Gasteiger partial charge is 0.130 e. The first-order valence-electron chi connectivity index (χ1n) is 4.95. The summed E-state index contributed by atoms with van der Waals surface area (Å²) in [6.45, 7) is 4.18. The van der Waals surface area contributed by atoms with Gasteiger partial charge in [-0.1, -0.05) is 19.8 Å². The number of hydrogen-bond donors (Lipinski definition) is 1. The van der Waals surface area contributed by atoms with Crippen LogP contribution in [0.5, 0.6) is 0 Å². The SMILES string of the molecule is CCCCCSc1ncnc(N)c1C. The number of aromatic nitrogens is 2. The number of nitrogen functional groups attached to an aromatic ring is 1. The van der Waals surface area contributed by atoms with Gasteiger partial charge in [-0.25, -0.2) is 9.97 Å². The third-order valence-corrected chi connectivity index (χ3v) is 3.24. The van der Waals surface area contributed by atoms with Crippen LogP contribution >= 0.6 is 11.8 Å². The van der Waals surface area contributed by atoms with Gasteiger partial charge >= 0.3 is 0 Å². The lowest BCUT2D eigenvalue weighted by Gasteiger charge is -2.05. The highest BCUT2D eigenvalue weighted by molar-refractivity contribution is 7.99. The van der Waals surface area contributed by atoms with Gasteiger partial charge in [0.1, 0.15) is 17.2 Å². The van der Waals surface area contributed by atoms with Crippen molar-refractivity contribution < 1.29 is 0 Å². The van der Waals surface area contributed by atoms with E-state index < -0.39 is 0 Å². The molecule has 0 aliphatic heterocycles. The van der Waals surface area contributed by atoms with Crippen LogP contribution in [0.2, 0.25) is 0 Å². The molecule has 0 fully saturated rings. The lowest BCUT2D eigenvalue weighted by molar-refractivity contribution is 0.778. The van der Waals surface area contributed by atoms with Crippen molar-refractivity contribution in [1.29, 1.82) is 0 Å². The number of anilines is 1. The summed E-state index contributed by atoms with van der Waals surface area (Å²) in [5.41, 5.74) is 6.69. The van der Waals surface area contributed by atoms with Crippen LogP contribution < -0.4 is 5.73 Å². The third-order valence-electron chi connectivity index (χ3n) is 2.06. The molecule has 1 rings (SSSR count). The molecular weight excluding hydrogens is 194 g/mol. The predicted octanol–water partition coefficient (Wildman–Crippen LogP) is 2.65. The minimum Gasteiger partial charge on any atom is -0.383 e. The van der Waals surface area contributed by atoms with E-state index in [9.17, 15) is 0 Å². The summed E-state index contributed by atoms with van der Waals surface area (Å²) in [6, 6.07) is 0. The van der Waals surface area contributed by atoms with Crippen molar-refractivity contribution in [3.8, 4) is 0 Å². The summed E-state index contributed by atoms with van der Waals surface area (Å²) in [6.07, 6.45) is 5.31. The molecule has 0 amide bonds. The maximum absolute atomic E-state index is 5.69. The van der Waals surface area contributed by atoms with Gasteiger partial charge in [0.15, 0.2) is 0 Å². The Morgan fingerprint density at radius 3 is 2.86 bits per heavy atom. The van der Waals surface area contributed by atoms with Gasteiger partial charge in [0.25, 0.3) is 0 Å². The fourth-order valence-electron chi connectivity index (χ4n) is 1.11. The molecule has 14 heavy (non-hydrogen) atoms. The van der Waals surface area contributed by atoms with E-state index in [1.54, 1.807) is 11.8 Å². The standard InChI is InChI=1S/C10H17N3S/c1-3-4-5-6-14-10-8(2)9(11)12-7-13-10/h7H,3-6H2,1-2H3,(H2,11,12,13). The van der Waals surface area contributed by atoms with Gasteiger partial charge in [-0.05, 0) is 19.1 Å². The van der Waals surface area contributed by atoms with Gasteiger partial charge < -0.3 is 5.73 Å². The summed E-state index contributed by atoms with van der Waals surface area (Å²) in [5, 5.41) is 1.02. The average Bonchev–Trinajstić information content (AvgIpc) is 2.19. The molecule has 0 aromatic carbocycles. The first kappa shape index (κ1) is 11.3. The minimum atomic E-state index is 0.595. The molecule has 0 saturated carbocycles. The summed E-state index contributed by atoms with van der Waals surface area (Å²) >= 11 is 1.77. The van der Waals surface area contributed by atoms with Crippen LogP contribution in [0.4, 0.5) is 5.82 Å². The molecule has 2 N–H and O–H groups in total. The van der Waals surface area contributed by atoms with Gasteiger partial charge in [-0.3, -0.25) is 0 Å². The van der Waals surface area contributed by atoms with Gasteiger partial charge in [-0.15, -0.1) is 11.8 Å². The first-order chi connectivity index (χ1) is 6.75. The molecule has 1 heterocycles. The fourth-order valence-corrected chi connectivity index (χ4v) is 2.10. The highest BCUT2D eigenvalue weighted by Gasteiger charge is 2.03. The zero-order valence-corrected chi connectivity index (χ0v) is 9.60. The molecule has 0 spiro atoms. The largest absolute Gasteiger partial charge is 0.383 e. The zero-order valence-electron chi connectivity index (χ0n) is 8.79. The van der Waals surface area contributed by atoms with Crippen molar-refractivity contribution in [1.82, 2.24) is 9.97 Å². The number of nitrogens with zero attached hydrogens (tertiary/aromatic N) is 2. The normalized spacial score (nSPS) is 10.4. The second kappa shape index (κ2) is 5.86. The van der Waals surface area contributed by atoms with Crippen molar-refractivity contribution in [3.05, 3.63) is 11.9 Å². The predicted molar refractivity (Wildman–Crippen MR) is 61.4 cm³/mol. The minimum absolute atomic E-state index is 0.595. The summed E-state index contributed by atoms with van der Waals surface area (Å²) < 4.78 is 0. The average molecular weight is 211 g/mol. The van der Waals surface area contributed by atoms with E-state index in [1.165, 1.54) is 25.6 Å². The van der Waals surface area contributed by atoms with Crippen LogP contribution in [-0.2, 0) is 0 Å². The second-order valence-electron chi connectivity index (χ2n) is 3.24. The van der Waals surface area contributed by atoms with E-state index in [4.69, 9.17) is 5.73 Å². The van der Waals surface area contributed by atoms with Gasteiger partial charge in [0.05, 0.1) is 0 Å². The van der Waals surface area contributed by atoms with Crippen LogP contribution in [0.1, 0.15) is 31.7 Å². The second-order valence-corrected chi connectivity index (χ2v) is 4.33. The van der Waals surface area contributed by atoms with Crippen molar-refractivity contribution >= 4 is 17.6 Å². The van der Waals surface area contributed by atoms with E-state index >= 15 is 0 Å². The van der Waals surface area contributed by atoms with E-state index in [2.05, 4.69) is 16.9 Å². The van der Waals surface area contributed by atoms with E-state index in [1.807, 2.05) is 6.92 Å². The Kier molecular flexibility index (Phi) is 4.73. The van der Waals surface area contributed by atoms with Gasteiger partial charge in [-0.2, -0.15) is 0 Å². The quantitative estimate of drug-likeness (QED) is 0.462. The Hall–Kier alpha value is -0.770. The molecule has 0 aliphatic rings. The Morgan fingerprint density at radius 2 is 2.14 bits per heavy atom. The molecule has 0 atom stereocenters. The zero-order chi connectivity index (χ0) is 10.4. The summed E-state index contributed by atoms with van der Waals surface area (Å²) in [7, 11) is 0. The van der Waals surface area contributed by atoms with E-state index in [0.29, 0.717) is 5.82 Å². The maximum atomic E-state index is 5.69. The summed E-state index contributed by atoms with van der Waals surface area (Å²) in [5.74, 6) is 1.71. The molecule has 0 saturated heterocycles. The van der Waals surface area contributed by atoms with Crippen molar-refractivity contribution in [3.63, 3.8) is 0 Å². The van der Waals surface area contributed by atoms with Gasteiger partial charge in [0, 0.05) is 5.56 Å². The molecule has 1 aromatic rings. The number of nitrogens with two attached hydrogens (primary N) is 1. The fraction of sp³-hybridized carbons (Fsp3) is 0.600. The molecule has 1 aromatic heterocycles. The Labute approximate surface area is 89.5 Å². The molecule has 0 bridgehead atoms. The molecule has 0 unspecified atom stereocenters. The van der Waals surface area contributed by atoms with Crippen LogP contribution in [0.15, 0.2) is 11.4 Å². The third kappa shape index (κ3) is 3.18. The Balaban J connectivity index is 2.46. The Morgan fingerprint density at radius 1 is 1.36 bits per heavy atom. The highest BCUT2D eigenvalue weighted by atomic mass is 32.2. The lowest BCUT2D eigenvalue weighted by atomic mass is 10.3. The number of rotatable bonds is 5. The molecule has 0 aliphatic carbocycles. The molecular formula is C10H17N3S.